The second-order valence-electron chi connectivity index (χ2n) is 6.78. The minimum absolute atomic E-state index is 0.333. The first-order chi connectivity index (χ1) is 7.92. The molecule has 0 saturated carbocycles. The fourth-order valence-electron chi connectivity index (χ4n) is 3.37. The SMILES string of the molecule is CC1(C)CCCC(C)(C)N1CN1CCOCC1. The molecule has 3 nitrogen and oxygen atoms in total. The largest absolute Gasteiger partial charge is 0.379 e. The van der Waals surface area contributed by atoms with E-state index in [2.05, 4.69) is 37.5 Å². The van der Waals surface area contributed by atoms with Gasteiger partial charge in [0.2, 0.25) is 0 Å². The number of rotatable bonds is 2. The minimum atomic E-state index is 0.333. The summed E-state index contributed by atoms with van der Waals surface area (Å²) >= 11 is 0. The summed E-state index contributed by atoms with van der Waals surface area (Å²) in [6.07, 6.45) is 4.00. The van der Waals surface area contributed by atoms with Crippen molar-refractivity contribution in [3.63, 3.8) is 0 Å². The maximum atomic E-state index is 5.43. The molecule has 0 bridgehead atoms. The molecule has 2 heterocycles. The van der Waals surface area contributed by atoms with E-state index in [0.29, 0.717) is 11.1 Å². The van der Waals surface area contributed by atoms with E-state index in [1.54, 1.807) is 0 Å². The highest BCUT2D eigenvalue weighted by atomic mass is 16.5. The summed E-state index contributed by atoms with van der Waals surface area (Å²) in [5.74, 6) is 0. The average molecular weight is 240 g/mol. The maximum absolute atomic E-state index is 5.43. The molecule has 2 rings (SSSR count). The van der Waals surface area contributed by atoms with Gasteiger partial charge >= 0.3 is 0 Å². The van der Waals surface area contributed by atoms with Crippen LogP contribution in [0.15, 0.2) is 0 Å². The van der Waals surface area contributed by atoms with Gasteiger partial charge in [-0.2, -0.15) is 0 Å². The van der Waals surface area contributed by atoms with Gasteiger partial charge in [-0.25, -0.2) is 0 Å². The highest BCUT2D eigenvalue weighted by molar-refractivity contribution is 4.96. The van der Waals surface area contributed by atoms with Crippen molar-refractivity contribution < 1.29 is 4.74 Å². The van der Waals surface area contributed by atoms with Crippen molar-refractivity contribution in [2.75, 3.05) is 33.0 Å². The van der Waals surface area contributed by atoms with E-state index in [-0.39, 0.29) is 0 Å². The molecular formula is C14H28N2O. The van der Waals surface area contributed by atoms with Crippen LogP contribution in [0.4, 0.5) is 0 Å². The molecule has 17 heavy (non-hydrogen) atoms. The van der Waals surface area contributed by atoms with E-state index < -0.39 is 0 Å². The molecule has 3 heteroatoms. The summed E-state index contributed by atoms with van der Waals surface area (Å²) in [7, 11) is 0. The zero-order valence-electron chi connectivity index (χ0n) is 12.0. The predicted molar refractivity (Wildman–Crippen MR) is 71.1 cm³/mol. The van der Waals surface area contributed by atoms with Crippen LogP contribution in [-0.4, -0.2) is 53.8 Å². The molecule has 0 aliphatic carbocycles. The van der Waals surface area contributed by atoms with Crippen molar-refractivity contribution in [3.8, 4) is 0 Å². The Morgan fingerprint density at radius 1 is 0.941 bits per heavy atom. The first-order valence-electron chi connectivity index (χ1n) is 7.00. The van der Waals surface area contributed by atoms with E-state index in [1.807, 2.05) is 0 Å². The van der Waals surface area contributed by atoms with E-state index in [9.17, 15) is 0 Å². The number of morpholine rings is 1. The fraction of sp³-hybridized carbons (Fsp3) is 1.00. The predicted octanol–water partition coefficient (Wildman–Crippen LogP) is 2.32. The first-order valence-corrected chi connectivity index (χ1v) is 7.00. The molecule has 0 atom stereocenters. The molecule has 0 radical (unpaired) electrons. The molecule has 0 aromatic carbocycles. The number of hydrogen-bond acceptors (Lipinski definition) is 3. The molecule has 0 aromatic heterocycles. The molecule has 100 valence electrons. The van der Waals surface area contributed by atoms with Crippen molar-refractivity contribution in [2.24, 2.45) is 0 Å². The van der Waals surface area contributed by atoms with Crippen molar-refractivity contribution in [2.45, 2.75) is 58.0 Å². The third-order valence-electron chi connectivity index (χ3n) is 4.48. The van der Waals surface area contributed by atoms with Gasteiger partial charge < -0.3 is 4.74 Å². The number of piperidine rings is 1. The van der Waals surface area contributed by atoms with Gasteiger partial charge in [-0.1, -0.05) is 0 Å². The zero-order valence-corrected chi connectivity index (χ0v) is 12.0. The molecule has 0 N–H and O–H groups in total. The van der Waals surface area contributed by atoms with Crippen LogP contribution in [-0.2, 0) is 4.74 Å². The Morgan fingerprint density at radius 3 is 2.00 bits per heavy atom. The van der Waals surface area contributed by atoms with E-state index >= 15 is 0 Å². The summed E-state index contributed by atoms with van der Waals surface area (Å²) < 4.78 is 5.43. The van der Waals surface area contributed by atoms with Crippen molar-refractivity contribution in [3.05, 3.63) is 0 Å². The third kappa shape index (κ3) is 3.01. The average Bonchev–Trinajstić information content (AvgIpc) is 2.25. The second-order valence-corrected chi connectivity index (χ2v) is 6.78. The van der Waals surface area contributed by atoms with Gasteiger partial charge in [-0.3, -0.25) is 9.80 Å². The second kappa shape index (κ2) is 4.87. The molecule has 0 aromatic rings. The lowest BCUT2D eigenvalue weighted by molar-refractivity contribution is -0.0824. The van der Waals surface area contributed by atoms with Gasteiger partial charge in [0.25, 0.3) is 0 Å². The van der Waals surface area contributed by atoms with Crippen LogP contribution >= 0.6 is 0 Å². The van der Waals surface area contributed by atoms with Gasteiger partial charge in [0, 0.05) is 24.2 Å². The summed E-state index contributed by atoms with van der Waals surface area (Å²) in [5.41, 5.74) is 0.667. The van der Waals surface area contributed by atoms with Crippen molar-refractivity contribution in [1.29, 1.82) is 0 Å². The van der Waals surface area contributed by atoms with Crippen LogP contribution in [0.1, 0.15) is 47.0 Å². The monoisotopic (exact) mass is 240 g/mol. The standard InChI is InChI=1S/C14H28N2O/c1-13(2)6-5-7-14(3,4)16(13)12-15-8-10-17-11-9-15/h5-12H2,1-4H3. The normalized spacial score (nSPS) is 30.4. The molecule has 2 aliphatic heterocycles. The molecule has 0 unspecified atom stereocenters. The van der Waals surface area contributed by atoms with Crippen molar-refractivity contribution >= 4 is 0 Å². The van der Waals surface area contributed by atoms with Crippen LogP contribution in [0, 0.1) is 0 Å². The Labute approximate surface area is 106 Å². The lowest BCUT2D eigenvalue weighted by Crippen LogP contribution is -2.62. The summed E-state index contributed by atoms with van der Waals surface area (Å²) in [4.78, 5) is 5.24. The summed E-state index contributed by atoms with van der Waals surface area (Å²) in [6.45, 7) is 14.7. The summed E-state index contributed by atoms with van der Waals surface area (Å²) in [6, 6.07) is 0. The van der Waals surface area contributed by atoms with Gasteiger partial charge in [0.15, 0.2) is 0 Å². The highest BCUT2D eigenvalue weighted by Gasteiger charge is 2.41. The Kier molecular flexibility index (Phi) is 3.81. The molecule has 0 amide bonds. The summed E-state index contributed by atoms with van der Waals surface area (Å²) in [5, 5.41) is 0. The van der Waals surface area contributed by atoms with Crippen LogP contribution in [0.3, 0.4) is 0 Å². The molecule has 2 fully saturated rings. The van der Waals surface area contributed by atoms with Crippen LogP contribution in [0.5, 0.6) is 0 Å². The van der Waals surface area contributed by atoms with Gasteiger partial charge in [-0.15, -0.1) is 0 Å². The molecule has 2 aliphatic rings. The minimum Gasteiger partial charge on any atom is -0.379 e. The van der Waals surface area contributed by atoms with E-state index in [4.69, 9.17) is 4.74 Å². The number of ether oxygens (including phenoxy) is 1. The van der Waals surface area contributed by atoms with Gasteiger partial charge in [0.1, 0.15) is 0 Å². The quantitative estimate of drug-likeness (QED) is 0.737. The topological polar surface area (TPSA) is 15.7 Å². The van der Waals surface area contributed by atoms with Crippen molar-refractivity contribution in [1.82, 2.24) is 9.80 Å². The van der Waals surface area contributed by atoms with Crippen LogP contribution in [0.25, 0.3) is 0 Å². The lowest BCUT2D eigenvalue weighted by Gasteiger charge is -2.54. The lowest BCUT2D eigenvalue weighted by atomic mass is 9.80. The first kappa shape index (κ1) is 13.3. The zero-order chi connectivity index (χ0) is 12.5. The van der Waals surface area contributed by atoms with E-state index in [1.165, 1.54) is 19.3 Å². The fourth-order valence-corrected chi connectivity index (χ4v) is 3.37. The number of nitrogens with zero attached hydrogens (tertiary/aromatic N) is 2. The van der Waals surface area contributed by atoms with E-state index in [0.717, 1.165) is 33.0 Å². The molecular weight excluding hydrogens is 212 g/mol. The molecule has 2 saturated heterocycles. The Bertz CT molecular complexity index is 241. The Hall–Kier alpha value is -0.120. The number of likely N-dealkylation sites (tertiary alicyclic amines) is 1. The van der Waals surface area contributed by atoms with Gasteiger partial charge in [-0.05, 0) is 47.0 Å². The number of hydrogen-bond donors (Lipinski definition) is 0. The Morgan fingerprint density at radius 2 is 1.47 bits per heavy atom. The maximum Gasteiger partial charge on any atom is 0.0594 e. The Balaban J connectivity index is 2.03. The third-order valence-corrected chi connectivity index (χ3v) is 4.48. The van der Waals surface area contributed by atoms with Gasteiger partial charge in [0.05, 0.1) is 19.9 Å². The molecule has 0 spiro atoms. The smallest absolute Gasteiger partial charge is 0.0594 e. The van der Waals surface area contributed by atoms with Crippen LogP contribution < -0.4 is 0 Å². The van der Waals surface area contributed by atoms with Crippen LogP contribution in [0.2, 0.25) is 0 Å². The highest BCUT2D eigenvalue weighted by Crippen LogP contribution is 2.38.